The van der Waals surface area contributed by atoms with Crippen molar-refractivity contribution in [2.24, 2.45) is 5.92 Å². The Kier molecular flexibility index (Phi) is 3.92. The smallest absolute Gasteiger partial charge is 0.234 e. The Morgan fingerprint density at radius 2 is 2.29 bits per heavy atom. The summed E-state index contributed by atoms with van der Waals surface area (Å²) in [6, 6.07) is 0. The van der Waals surface area contributed by atoms with Gasteiger partial charge in [-0.25, -0.2) is 0 Å². The lowest BCUT2D eigenvalue weighted by Gasteiger charge is -2.23. The monoisotopic (exact) mass is 236 g/mol. The molecule has 94 valence electrons. The van der Waals surface area contributed by atoms with Gasteiger partial charge in [0.25, 0.3) is 0 Å². The number of hydrogen-bond acceptors (Lipinski definition) is 4. The molecule has 4 nitrogen and oxygen atoms in total. The highest BCUT2D eigenvalue weighted by Gasteiger charge is 2.24. The molecule has 1 saturated carbocycles. The molecule has 2 unspecified atom stereocenters. The Balaban J connectivity index is 1.99. The molecule has 1 fully saturated rings. The maximum atomic E-state index is 11.3. The zero-order valence-electron chi connectivity index (χ0n) is 10.6. The van der Waals surface area contributed by atoms with E-state index in [9.17, 15) is 4.79 Å². The van der Waals surface area contributed by atoms with Crippen LogP contribution in [-0.4, -0.2) is 15.9 Å². The fourth-order valence-corrected chi connectivity index (χ4v) is 2.47. The van der Waals surface area contributed by atoms with E-state index in [1.54, 1.807) is 0 Å². The van der Waals surface area contributed by atoms with Crippen LogP contribution in [0.1, 0.15) is 63.6 Å². The van der Waals surface area contributed by atoms with Gasteiger partial charge >= 0.3 is 0 Å². The van der Waals surface area contributed by atoms with E-state index in [0.29, 0.717) is 18.2 Å². The summed E-state index contributed by atoms with van der Waals surface area (Å²) < 4.78 is 5.14. The van der Waals surface area contributed by atoms with Crippen molar-refractivity contribution in [3.05, 3.63) is 11.7 Å². The van der Waals surface area contributed by atoms with Gasteiger partial charge in [0.05, 0.1) is 6.42 Å². The third kappa shape index (κ3) is 3.14. The molecule has 0 aromatic carbocycles. The molecular formula is C13H20N2O2. The minimum absolute atomic E-state index is 0.150. The zero-order valence-corrected chi connectivity index (χ0v) is 10.6. The molecule has 0 spiro atoms. The van der Waals surface area contributed by atoms with Gasteiger partial charge in [0.2, 0.25) is 5.89 Å². The van der Waals surface area contributed by atoms with Crippen LogP contribution in [0.2, 0.25) is 0 Å². The van der Waals surface area contributed by atoms with E-state index < -0.39 is 0 Å². The lowest BCUT2D eigenvalue weighted by molar-refractivity contribution is -0.118. The quantitative estimate of drug-likeness (QED) is 0.806. The van der Waals surface area contributed by atoms with Gasteiger partial charge in [-0.3, -0.25) is 4.79 Å². The van der Waals surface area contributed by atoms with Crippen molar-refractivity contribution in [1.82, 2.24) is 10.1 Å². The first-order chi connectivity index (χ1) is 8.19. The van der Waals surface area contributed by atoms with Crippen molar-refractivity contribution in [3.63, 3.8) is 0 Å². The Labute approximate surface area is 102 Å². The van der Waals surface area contributed by atoms with Crippen LogP contribution >= 0.6 is 0 Å². The molecule has 0 bridgehead atoms. The molecule has 0 N–H and O–H groups in total. The fourth-order valence-electron chi connectivity index (χ4n) is 2.47. The van der Waals surface area contributed by atoms with Crippen LogP contribution in [0, 0.1) is 5.92 Å². The molecule has 4 heteroatoms. The Hall–Kier alpha value is -1.19. The third-order valence-corrected chi connectivity index (χ3v) is 3.53. The zero-order chi connectivity index (χ0) is 12.3. The second kappa shape index (κ2) is 5.43. The molecule has 2 atom stereocenters. The third-order valence-electron chi connectivity index (χ3n) is 3.53. The second-order valence-electron chi connectivity index (χ2n) is 5.08. The molecular weight excluding hydrogens is 216 g/mol. The van der Waals surface area contributed by atoms with Gasteiger partial charge in [0, 0.05) is 12.3 Å². The van der Waals surface area contributed by atoms with E-state index in [-0.39, 0.29) is 12.2 Å². The van der Waals surface area contributed by atoms with E-state index in [0.717, 1.165) is 24.6 Å². The van der Waals surface area contributed by atoms with Crippen LogP contribution < -0.4 is 0 Å². The summed E-state index contributed by atoms with van der Waals surface area (Å²) in [5, 5.41) is 4.02. The van der Waals surface area contributed by atoms with E-state index >= 15 is 0 Å². The van der Waals surface area contributed by atoms with Crippen molar-refractivity contribution in [2.45, 2.75) is 58.3 Å². The molecule has 17 heavy (non-hydrogen) atoms. The second-order valence-corrected chi connectivity index (χ2v) is 5.08. The van der Waals surface area contributed by atoms with Crippen molar-refractivity contribution < 1.29 is 9.32 Å². The van der Waals surface area contributed by atoms with Crippen molar-refractivity contribution >= 4 is 5.78 Å². The Bertz CT molecular complexity index is 387. The van der Waals surface area contributed by atoms with Gasteiger partial charge in [-0.15, -0.1) is 0 Å². The highest BCUT2D eigenvalue weighted by atomic mass is 16.5. The number of carbonyl (C=O) groups excluding carboxylic acids is 1. The topological polar surface area (TPSA) is 56.0 Å². The highest BCUT2D eigenvalue weighted by Crippen LogP contribution is 2.34. The van der Waals surface area contributed by atoms with Gasteiger partial charge in [0.15, 0.2) is 5.82 Å². The van der Waals surface area contributed by atoms with Crippen molar-refractivity contribution in [2.75, 3.05) is 0 Å². The maximum absolute atomic E-state index is 11.3. The van der Waals surface area contributed by atoms with E-state index in [4.69, 9.17) is 4.52 Å². The van der Waals surface area contributed by atoms with E-state index in [1.165, 1.54) is 12.8 Å². The molecule has 1 aromatic rings. The maximum Gasteiger partial charge on any atom is 0.234 e. The minimum Gasteiger partial charge on any atom is -0.339 e. The lowest BCUT2D eigenvalue weighted by atomic mass is 9.82. The van der Waals surface area contributed by atoms with Crippen LogP contribution in [0.5, 0.6) is 0 Å². The first kappa shape index (κ1) is 12.3. The van der Waals surface area contributed by atoms with Gasteiger partial charge in [-0.1, -0.05) is 31.8 Å². The number of carbonyl (C=O) groups is 1. The van der Waals surface area contributed by atoms with Crippen LogP contribution in [0.4, 0.5) is 0 Å². The summed E-state index contributed by atoms with van der Waals surface area (Å²) >= 11 is 0. The Morgan fingerprint density at radius 1 is 1.47 bits per heavy atom. The fraction of sp³-hybridized carbons (Fsp3) is 0.769. The number of aromatic nitrogens is 2. The Morgan fingerprint density at radius 3 is 3.00 bits per heavy atom. The van der Waals surface area contributed by atoms with E-state index in [1.807, 2.05) is 6.92 Å². The summed E-state index contributed by atoms with van der Waals surface area (Å²) in [5.74, 6) is 2.60. The molecule has 1 heterocycles. The summed E-state index contributed by atoms with van der Waals surface area (Å²) in [5.41, 5.74) is 0. The number of ketones is 1. The molecule has 1 aromatic heterocycles. The summed E-state index contributed by atoms with van der Waals surface area (Å²) in [6.45, 7) is 4.12. The van der Waals surface area contributed by atoms with Crippen molar-refractivity contribution in [3.8, 4) is 0 Å². The number of Topliss-reactive ketones (excluding diaryl/α,β-unsaturated/α-hetero) is 1. The summed E-state index contributed by atoms with van der Waals surface area (Å²) in [4.78, 5) is 15.6. The molecule has 2 rings (SSSR count). The normalized spacial score (nSPS) is 24.8. The van der Waals surface area contributed by atoms with Crippen molar-refractivity contribution in [1.29, 1.82) is 0 Å². The average molecular weight is 236 g/mol. The first-order valence-corrected chi connectivity index (χ1v) is 6.53. The molecule has 0 saturated heterocycles. The van der Waals surface area contributed by atoms with Crippen LogP contribution in [0.3, 0.4) is 0 Å². The van der Waals surface area contributed by atoms with Crippen LogP contribution in [-0.2, 0) is 11.2 Å². The molecule has 0 amide bonds. The lowest BCUT2D eigenvalue weighted by Crippen LogP contribution is -2.13. The highest BCUT2D eigenvalue weighted by molar-refractivity contribution is 5.79. The molecule has 1 aliphatic carbocycles. The summed E-state index contributed by atoms with van der Waals surface area (Å²) in [7, 11) is 0. The van der Waals surface area contributed by atoms with Gasteiger partial charge < -0.3 is 4.52 Å². The number of hydrogen-bond donors (Lipinski definition) is 0. The largest absolute Gasteiger partial charge is 0.339 e. The average Bonchev–Trinajstić information content (AvgIpc) is 2.77. The number of rotatable bonds is 4. The van der Waals surface area contributed by atoms with Gasteiger partial charge in [-0.05, 0) is 18.8 Å². The first-order valence-electron chi connectivity index (χ1n) is 6.53. The predicted molar refractivity (Wildman–Crippen MR) is 63.7 cm³/mol. The molecule has 0 aliphatic heterocycles. The molecule has 0 radical (unpaired) electrons. The van der Waals surface area contributed by atoms with Crippen LogP contribution in [0.15, 0.2) is 4.52 Å². The molecule has 1 aliphatic rings. The number of nitrogens with zero attached hydrogens (tertiary/aromatic N) is 2. The minimum atomic E-state index is 0.150. The van der Waals surface area contributed by atoms with Gasteiger partial charge in [-0.2, -0.15) is 4.98 Å². The summed E-state index contributed by atoms with van der Waals surface area (Å²) in [6.07, 6.45) is 5.63. The SMILES string of the molecule is CCC(=O)Cc1nc(C2CCCC(C)C2)no1. The predicted octanol–water partition coefficient (Wildman–Crippen LogP) is 2.88. The van der Waals surface area contributed by atoms with Crippen LogP contribution in [0.25, 0.3) is 0 Å². The standard InChI is InChI=1S/C13H20N2O2/c1-3-11(16)8-12-14-13(15-17-12)10-6-4-5-9(2)7-10/h9-10H,3-8H2,1-2H3. The van der Waals surface area contributed by atoms with E-state index in [2.05, 4.69) is 17.1 Å². The van der Waals surface area contributed by atoms with Gasteiger partial charge in [0.1, 0.15) is 5.78 Å².